The van der Waals surface area contributed by atoms with Crippen LogP contribution in [0.2, 0.25) is 0 Å². The van der Waals surface area contributed by atoms with E-state index in [1.54, 1.807) is 31.4 Å². The van der Waals surface area contributed by atoms with Crippen molar-refractivity contribution < 1.29 is 19.0 Å². The maximum Gasteiger partial charge on any atom is 0.336 e. The van der Waals surface area contributed by atoms with Gasteiger partial charge in [-0.2, -0.15) is 9.67 Å². The minimum absolute atomic E-state index is 0.131. The molecule has 0 unspecified atom stereocenters. The molecule has 0 amide bonds. The van der Waals surface area contributed by atoms with Gasteiger partial charge in [0.1, 0.15) is 12.4 Å². The minimum Gasteiger partial charge on any atom is -0.497 e. The van der Waals surface area contributed by atoms with Crippen LogP contribution >= 0.6 is 0 Å². The molecule has 7 nitrogen and oxygen atoms in total. The monoisotopic (exact) mass is 381 g/mol. The molecule has 0 N–H and O–H groups in total. The van der Waals surface area contributed by atoms with Crippen LogP contribution in [-0.2, 0) is 4.74 Å². The van der Waals surface area contributed by atoms with Crippen LogP contribution in [0.15, 0.2) is 48.5 Å². The van der Waals surface area contributed by atoms with Crippen LogP contribution in [0.3, 0.4) is 0 Å². The van der Waals surface area contributed by atoms with Crippen molar-refractivity contribution >= 4 is 5.91 Å². The highest BCUT2D eigenvalue weighted by Gasteiger charge is 2.20. The number of nitrogens with zero attached hydrogens (tertiary/aromatic N) is 3. The maximum atomic E-state index is 13.1. The second kappa shape index (κ2) is 9.14. The quantitative estimate of drug-likeness (QED) is 0.557. The summed E-state index contributed by atoms with van der Waals surface area (Å²) in [6, 6.07) is 14.8. The molecule has 0 bridgehead atoms. The van der Waals surface area contributed by atoms with Crippen LogP contribution in [0.5, 0.6) is 11.8 Å². The van der Waals surface area contributed by atoms with E-state index in [-0.39, 0.29) is 11.9 Å². The summed E-state index contributed by atoms with van der Waals surface area (Å²) in [4.78, 5) is 17.5. The van der Waals surface area contributed by atoms with Crippen molar-refractivity contribution in [1.82, 2.24) is 14.8 Å². The van der Waals surface area contributed by atoms with Crippen molar-refractivity contribution in [2.24, 2.45) is 0 Å². The lowest BCUT2D eigenvalue weighted by molar-refractivity contribution is 0.0937. The van der Waals surface area contributed by atoms with Gasteiger partial charge in [-0.05, 0) is 32.0 Å². The number of hydrogen-bond acceptors (Lipinski definition) is 6. The first kappa shape index (κ1) is 19.6. The molecule has 3 aromatic rings. The molecule has 0 fully saturated rings. The van der Waals surface area contributed by atoms with Gasteiger partial charge in [0.15, 0.2) is 5.82 Å². The van der Waals surface area contributed by atoms with Crippen molar-refractivity contribution in [3.05, 3.63) is 59.7 Å². The summed E-state index contributed by atoms with van der Waals surface area (Å²) >= 11 is 0. The fraction of sp³-hybridized carbons (Fsp3) is 0.286. The number of aromatic nitrogens is 3. The third kappa shape index (κ3) is 4.55. The van der Waals surface area contributed by atoms with Gasteiger partial charge in [0.25, 0.3) is 5.91 Å². The third-order valence-corrected chi connectivity index (χ3v) is 4.07. The first-order chi connectivity index (χ1) is 13.6. The van der Waals surface area contributed by atoms with Crippen LogP contribution in [0.1, 0.15) is 22.8 Å². The van der Waals surface area contributed by atoms with Gasteiger partial charge in [-0.25, -0.2) is 0 Å². The average Bonchev–Trinajstić information content (AvgIpc) is 3.15. The van der Waals surface area contributed by atoms with E-state index >= 15 is 0 Å². The van der Waals surface area contributed by atoms with Gasteiger partial charge >= 0.3 is 6.01 Å². The Labute approximate surface area is 163 Å². The van der Waals surface area contributed by atoms with E-state index in [1.165, 1.54) is 4.68 Å². The fourth-order valence-electron chi connectivity index (χ4n) is 2.60. The summed E-state index contributed by atoms with van der Waals surface area (Å²) < 4.78 is 17.3. The van der Waals surface area contributed by atoms with Gasteiger partial charge in [-0.1, -0.05) is 35.9 Å². The van der Waals surface area contributed by atoms with Crippen LogP contribution in [-0.4, -0.2) is 47.6 Å². The Morgan fingerprint density at radius 3 is 2.61 bits per heavy atom. The molecule has 146 valence electrons. The van der Waals surface area contributed by atoms with Crippen molar-refractivity contribution in [2.45, 2.75) is 13.8 Å². The molecule has 0 spiro atoms. The van der Waals surface area contributed by atoms with Gasteiger partial charge < -0.3 is 14.2 Å². The second-order valence-electron chi connectivity index (χ2n) is 6.08. The number of rotatable bonds is 8. The second-order valence-corrected chi connectivity index (χ2v) is 6.08. The number of carbonyl (C=O) groups is 1. The lowest BCUT2D eigenvalue weighted by Gasteiger charge is -2.06. The Kier molecular flexibility index (Phi) is 6.39. The molecule has 2 aromatic carbocycles. The molecule has 0 saturated carbocycles. The molecule has 0 aliphatic carbocycles. The zero-order valence-corrected chi connectivity index (χ0v) is 16.2. The van der Waals surface area contributed by atoms with E-state index in [4.69, 9.17) is 14.2 Å². The van der Waals surface area contributed by atoms with E-state index in [2.05, 4.69) is 10.1 Å². The Bertz CT molecular complexity index is 935. The van der Waals surface area contributed by atoms with Crippen molar-refractivity contribution in [3.63, 3.8) is 0 Å². The van der Waals surface area contributed by atoms with E-state index < -0.39 is 0 Å². The number of benzene rings is 2. The normalized spacial score (nSPS) is 10.7. The minimum atomic E-state index is -0.318. The Morgan fingerprint density at radius 2 is 1.89 bits per heavy atom. The topological polar surface area (TPSA) is 75.5 Å². The summed E-state index contributed by atoms with van der Waals surface area (Å²) in [5, 5.41) is 4.28. The lowest BCUT2D eigenvalue weighted by Crippen LogP contribution is -2.15. The first-order valence-electron chi connectivity index (χ1n) is 9.05. The van der Waals surface area contributed by atoms with E-state index in [1.807, 2.05) is 38.1 Å². The molecular formula is C21H23N3O4. The number of methoxy groups -OCH3 is 1. The Morgan fingerprint density at radius 1 is 1.11 bits per heavy atom. The highest BCUT2D eigenvalue weighted by atomic mass is 16.5. The predicted octanol–water partition coefficient (Wildman–Crippen LogP) is 3.37. The largest absolute Gasteiger partial charge is 0.497 e. The molecule has 3 rings (SSSR count). The number of ether oxygens (including phenoxy) is 3. The van der Waals surface area contributed by atoms with E-state index in [0.717, 1.165) is 11.1 Å². The Balaban J connectivity index is 1.95. The zero-order chi connectivity index (χ0) is 19.9. The van der Waals surface area contributed by atoms with E-state index in [0.29, 0.717) is 37.0 Å². The van der Waals surface area contributed by atoms with Crippen molar-refractivity contribution in [3.8, 4) is 23.1 Å². The standard InChI is InChI=1S/C21H23N3O4/c1-4-27-12-13-28-21-22-19(16-10-8-15(2)9-11-16)24(23-21)20(25)17-6-5-7-18(14-17)26-3/h5-11,14H,4,12-13H2,1-3H3. The van der Waals surface area contributed by atoms with Crippen LogP contribution < -0.4 is 9.47 Å². The number of aryl methyl sites for hydroxylation is 1. The molecule has 0 atom stereocenters. The summed E-state index contributed by atoms with van der Waals surface area (Å²) in [6.07, 6.45) is 0. The molecule has 28 heavy (non-hydrogen) atoms. The van der Waals surface area contributed by atoms with Gasteiger partial charge in [0.2, 0.25) is 0 Å². The molecule has 1 heterocycles. The molecule has 7 heteroatoms. The maximum absolute atomic E-state index is 13.1. The molecule has 0 saturated heterocycles. The predicted molar refractivity (Wildman–Crippen MR) is 105 cm³/mol. The first-order valence-corrected chi connectivity index (χ1v) is 9.05. The molecule has 0 radical (unpaired) electrons. The fourth-order valence-corrected chi connectivity index (χ4v) is 2.60. The summed E-state index contributed by atoms with van der Waals surface area (Å²) in [7, 11) is 1.56. The van der Waals surface area contributed by atoms with Gasteiger partial charge in [-0.3, -0.25) is 4.79 Å². The third-order valence-electron chi connectivity index (χ3n) is 4.07. The van der Waals surface area contributed by atoms with Crippen LogP contribution in [0.4, 0.5) is 0 Å². The summed E-state index contributed by atoms with van der Waals surface area (Å²) in [5.74, 6) is 0.692. The zero-order valence-electron chi connectivity index (χ0n) is 16.2. The smallest absolute Gasteiger partial charge is 0.336 e. The van der Waals surface area contributed by atoms with Crippen LogP contribution in [0, 0.1) is 6.92 Å². The highest BCUT2D eigenvalue weighted by Crippen LogP contribution is 2.22. The lowest BCUT2D eigenvalue weighted by atomic mass is 10.1. The molecule has 0 aliphatic rings. The van der Waals surface area contributed by atoms with Gasteiger partial charge in [-0.15, -0.1) is 5.10 Å². The summed E-state index contributed by atoms with van der Waals surface area (Å²) in [5.41, 5.74) is 2.33. The van der Waals surface area contributed by atoms with Crippen LogP contribution in [0.25, 0.3) is 11.4 Å². The van der Waals surface area contributed by atoms with Gasteiger partial charge in [0, 0.05) is 17.7 Å². The highest BCUT2D eigenvalue weighted by molar-refractivity contribution is 5.97. The van der Waals surface area contributed by atoms with Crippen molar-refractivity contribution in [1.29, 1.82) is 0 Å². The Hall–Kier alpha value is -3.19. The SMILES string of the molecule is CCOCCOc1nc(-c2ccc(C)cc2)n(C(=O)c2cccc(OC)c2)n1. The van der Waals surface area contributed by atoms with E-state index in [9.17, 15) is 4.79 Å². The average molecular weight is 381 g/mol. The molecule has 1 aromatic heterocycles. The molecule has 0 aliphatic heterocycles. The molecular weight excluding hydrogens is 358 g/mol. The number of hydrogen-bond donors (Lipinski definition) is 0. The number of carbonyl (C=O) groups excluding carboxylic acids is 1. The van der Waals surface area contributed by atoms with Gasteiger partial charge in [0.05, 0.1) is 13.7 Å². The van der Waals surface area contributed by atoms with Crippen molar-refractivity contribution in [2.75, 3.05) is 26.9 Å². The summed E-state index contributed by atoms with van der Waals surface area (Å²) in [6.45, 7) is 5.24.